The van der Waals surface area contributed by atoms with E-state index in [1.54, 1.807) is 0 Å². The van der Waals surface area contributed by atoms with Gasteiger partial charge in [0.25, 0.3) is 10.1 Å². The highest BCUT2D eigenvalue weighted by molar-refractivity contribution is 7.86. The lowest BCUT2D eigenvalue weighted by Gasteiger charge is -2.26. The van der Waals surface area contributed by atoms with Crippen LogP contribution in [0.5, 0.6) is 0 Å². The van der Waals surface area contributed by atoms with E-state index < -0.39 is 21.8 Å². The second kappa shape index (κ2) is 3.18. The van der Waals surface area contributed by atoms with Crippen LogP contribution in [0.25, 0.3) is 0 Å². The van der Waals surface area contributed by atoms with Crippen LogP contribution >= 0.6 is 0 Å². The molecule has 0 aromatic heterocycles. The molecule has 1 unspecified atom stereocenters. The van der Waals surface area contributed by atoms with Crippen molar-refractivity contribution in [1.29, 1.82) is 0 Å². The number of rotatable bonds is 2. The van der Waals surface area contributed by atoms with Crippen LogP contribution in [0.4, 0.5) is 0 Å². The van der Waals surface area contributed by atoms with Crippen LogP contribution in [0.3, 0.4) is 0 Å². The van der Waals surface area contributed by atoms with Crippen molar-refractivity contribution in [3.05, 3.63) is 0 Å². The summed E-state index contributed by atoms with van der Waals surface area (Å²) in [5.41, 5.74) is -0.870. The molecule has 0 aromatic carbocycles. The van der Waals surface area contributed by atoms with Gasteiger partial charge in [0.2, 0.25) is 0 Å². The molecule has 0 saturated carbocycles. The molecule has 0 aliphatic carbocycles. The normalized spacial score (nSPS) is 30.5. The van der Waals surface area contributed by atoms with Gasteiger partial charge in [0.05, 0.1) is 17.5 Å². The van der Waals surface area contributed by atoms with Gasteiger partial charge >= 0.3 is 0 Å². The summed E-state index contributed by atoms with van der Waals surface area (Å²) in [6.07, 6.45) is 1.26. The second-order valence-corrected chi connectivity index (χ2v) is 6.56. The maximum Gasteiger partial charge on any atom is 0.264 e. The van der Waals surface area contributed by atoms with Crippen molar-refractivity contribution in [1.82, 2.24) is 0 Å². The van der Waals surface area contributed by atoms with Crippen LogP contribution in [-0.4, -0.2) is 32.0 Å². The quantitative estimate of drug-likeness (QED) is 0.661. The first-order valence-corrected chi connectivity index (χ1v) is 6.42. The van der Waals surface area contributed by atoms with E-state index in [0.29, 0.717) is 6.42 Å². The van der Waals surface area contributed by atoms with Crippen molar-refractivity contribution in [3.8, 4) is 0 Å². The standard InChI is InChI=1S/C9H18O4S/c1-8(2)6-7(9(3,4)13-8)12-14(5,10)11/h7H,6H2,1-5H3. The molecule has 1 atom stereocenters. The van der Waals surface area contributed by atoms with Crippen LogP contribution in [0.1, 0.15) is 34.1 Å². The first kappa shape index (κ1) is 11.9. The summed E-state index contributed by atoms with van der Waals surface area (Å²) in [6.45, 7) is 7.55. The van der Waals surface area contributed by atoms with Crippen molar-refractivity contribution in [2.75, 3.05) is 6.26 Å². The van der Waals surface area contributed by atoms with Gasteiger partial charge in [-0.05, 0) is 27.7 Å². The van der Waals surface area contributed by atoms with Crippen LogP contribution in [0.15, 0.2) is 0 Å². The van der Waals surface area contributed by atoms with E-state index in [1.165, 1.54) is 0 Å². The van der Waals surface area contributed by atoms with Gasteiger partial charge in [0, 0.05) is 6.42 Å². The van der Waals surface area contributed by atoms with Crippen LogP contribution in [0.2, 0.25) is 0 Å². The minimum atomic E-state index is -3.41. The highest BCUT2D eigenvalue weighted by Crippen LogP contribution is 2.39. The van der Waals surface area contributed by atoms with Gasteiger partial charge in [0.1, 0.15) is 6.10 Å². The van der Waals surface area contributed by atoms with Crippen molar-refractivity contribution >= 4 is 10.1 Å². The smallest absolute Gasteiger partial charge is 0.264 e. The molecular formula is C9H18O4S. The molecule has 0 amide bonds. The summed E-state index contributed by atoms with van der Waals surface area (Å²) in [4.78, 5) is 0. The Morgan fingerprint density at radius 1 is 1.29 bits per heavy atom. The van der Waals surface area contributed by atoms with Gasteiger partial charge in [-0.1, -0.05) is 0 Å². The Hall–Kier alpha value is -0.130. The third-order valence-electron chi connectivity index (χ3n) is 2.28. The lowest BCUT2D eigenvalue weighted by molar-refractivity contribution is -0.0838. The molecule has 0 N–H and O–H groups in total. The van der Waals surface area contributed by atoms with Gasteiger partial charge in [0.15, 0.2) is 0 Å². The predicted molar refractivity (Wildman–Crippen MR) is 53.6 cm³/mol. The van der Waals surface area contributed by atoms with Gasteiger partial charge in [-0.15, -0.1) is 0 Å². The topological polar surface area (TPSA) is 52.6 Å². The van der Waals surface area contributed by atoms with Crippen LogP contribution in [0, 0.1) is 0 Å². The van der Waals surface area contributed by atoms with E-state index >= 15 is 0 Å². The van der Waals surface area contributed by atoms with Gasteiger partial charge in [-0.3, -0.25) is 4.18 Å². The highest BCUT2D eigenvalue weighted by atomic mass is 32.2. The van der Waals surface area contributed by atoms with Crippen LogP contribution < -0.4 is 0 Å². The maximum absolute atomic E-state index is 11.0. The monoisotopic (exact) mass is 222 g/mol. The molecule has 84 valence electrons. The zero-order valence-corrected chi connectivity index (χ0v) is 10.1. The molecule has 1 aliphatic heterocycles. The lowest BCUT2D eigenvalue weighted by atomic mass is 9.98. The van der Waals surface area contributed by atoms with Gasteiger partial charge in [-0.2, -0.15) is 8.42 Å². The van der Waals surface area contributed by atoms with E-state index in [-0.39, 0.29) is 5.60 Å². The Morgan fingerprint density at radius 3 is 2.07 bits per heavy atom. The fourth-order valence-corrected chi connectivity index (χ4v) is 2.59. The molecule has 1 heterocycles. The second-order valence-electron chi connectivity index (χ2n) is 4.96. The lowest BCUT2D eigenvalue weighted by Crippen LogP contribution is -2.35. The molecular weight excluding hydrogens is 204 g/mol. The fourth-order valence-electron chi connectivity index (χ4n) is 1.87. The van der Waals surface area contributed by atoms with Crippen molar-refractivity contribution < 1.29 is 17.3 Å². The van der Waals surface area contributed by atoms with E-state index in [2.05, 4.69) is 0 Å². The van der Waals surface area contributed by atoms with E-state index in [9.17, 15) is 8.42 Å². The Balaban J connectivity index is 2.81. The summed E-state index contributed by atoms with van der Waals surface area (Å²) >= 11 is 0. The molecule has 0 radical (unpaired) electrons. The Morgan fingerprint density at radius 2 is 1.79 bits per heavy atom. The first-order chi connectivity index (χ1) is 6.02. The fraction of sp³-hybridized carbons (Fsp3) is 1.00. The average Bonchev–Trinajstić information content (AvgIpc) is 1.94. The Kier molecular flexibility index (Phi) is 2.71. The Labute approximate surface area is 85.7 Å². The van der Waals surface area contributed by atoms with E-state index in [1.807, 2.05) is 27.7 Å². The molecule has 1 rings (SSSR count). The highest BCUT2D eigenvalue weighted by Gasteiger charge is 2.48. The van der Waals surface area contributed by atoms with Crippen molar-refractivity contribution in [2.24, 2.45) is 0 Å². The summed E-state index contributed by atoms with van der Waals surface area (Å²) in [5.74, 6) is 0. The molecule has 0 spiro atoms. The summed E-state index contributed by atoms with van der Waals surface area (Å²) in [6, 6.07) is 0. The first-order valence-electron chi connectivity index (χ1n) is 4.60. The summed E-state index contributed by atoms with van der Waals surface area (Å²) in [5, 5.41) is 0. The molecule has 1 fully saturated rings. The molecule has 5 heteroatoms. The zero-order valence-electron chi connectivity index (χ0n) is 9.33. The molecule has 1 aliphatic rings. The molecule has 0 bridgehead atoms. The van der Waals surface area contributed by atoms with Crippen molar-refractivity contribution in [3.63, 3.8) is 0 Å². The van der Waals surface area contributed by atoms with E-state index in [4.69, 9.17) is 8.92 Å². The molecule has 4 nitrogen and oxygen atoms in total. The third kappa shape index (κ3) is 2.93. The van der Waals surface area contributed by atoms with Gasteiger partial charge < -0.3 is 4.74 Å². The molecule has 14 heavy (non-hydrogen) atoms. The number of hydrogen-bond acceptors (Lipinski definition) is 4. The Bertz CT molecular complexity index is 316. The molecule has 0 aromatic rings. The maximum atomic E-state index is 11.0. The zero-order chi connectivity index (χ0) is 11.2. The predicted octanol–water partition coefficient (Wildman–Crippen LogP) is 1.31. The SMILES string of the molecule is CC1(C)CC(OS(C)(=O)=O)C(C)(C)O1. The third-order valence-corrected chi connectivity index (χ3v) is 2.86. The number of hydrogen-bond donors (Lipinski definition) is 0. The minimum absolute atomic E-state index is 0.321. The largest absolute Gasteiger partial charge is 0.367 e. The van der Waals surface area contributed by atoms with Crippen LogP contribution in [-0.2, 0) is 19.0 Å². The summed E-state index contributed by atoms with van der Waals surface area (Å²) < 4.78 is 32.7. The molecule has 1 saturated heterocycles. The minimum Gasteiger partial charge on any atom is -0.367 e. The van der Waals surface area contributed by atoms with Crippen molar-refractivity contribution in [2.45, 2.75) is 51.4 Å². The number of ether oxygens (including phenoxy) is 1. The van der Waals surface area contributed by atoms with E-state index in [0.717, 1.165) is 6.26 Å². The average molecular weight is 222 g/mol. The van der Waals surface area contributed by atoms with Gasteiger partial charge in [-0.25, -0.2) is 0 Å². The summed E-state index contributed by atoms with van der Waals surface area (Å²) in [7, 11) is -3.41.